The van der Waals surface area contributed by atoms with Crippen LogP contribution >= 0.6 is 0 Å². The van der Waals surface area contributed by atoms with E-state index in [1.807, 2.05) is 69.2 Å². The van der Waals surface area contributed by atoms with Crippen LogP contribution in [-0.2, 0) is 57.6 Å². The maximum absolute atomic E-state index is 10.6. The Bertz CT molecular complexity index is 749. The van der Waals surface area contributed by atoms with Gasteiger partial charge >= 0.3 is 0 Å². The lowest BCUT2D eigenvalue weighted by Gasteiger charge is -2.07. The van der Waals surface area contributed by atoms with Gasteiger partial charge in [-0.1, -0.05) is 69.2 Å². The van der Waals surface area contributed by atoms with Gasteiger partial charge < -0.3 is 63.1 Å². The van der Waals surface area contributed by atoms with Crippen LogP contribution in [0, 0.1) is 0 Å². The number of hydrogen-bond acceptors (Lipinski definition) is 17. The number of rotatable bonds is 2. The first-order chi connectivity index (χ1) is 28.9. The summed E-state index contributed by atoms with van der Waals surface area (Å²) in [7, 11) is 10.1. The number of amides is 10. The van der Waals surface area contributed by atoms with E-state index in [-0.39, 0.29) is 84.8 Å². The van der Waals surface area contributed by atoms with E-state index in [4.69, 9.17) is 0 Å². The van der Waals surface area contributed by atoms with Gasteiger partial charge in [-0.2, -0.15) is 10.1 Å². The highest BCUT2D eigenvalue weighted by atomic mass is 16.7. The van der Waals surface area contributed by atoms with Gasteiger partial charge in [0.1, 0.15) is 0 Å². The maximum atomic E-state index is 10.6. The maximum Gasteiger partial charge on any atom is 0.253 e. The molecule has 0 unspecified atom stereocenters. The van der Waals surface area contributed by atoms with Crippen LogP contribution in [0.4, 0.5) is 0 Å². The lowest BCUT2D eigenvalue weighted by atomic mass is 10.4. The van der Waals surface area contributed by atoms with Gasteiger partial charge in [0.2, 0.25) is 35.4 Å². The van der Waals surface area contributed by atoms with Crippen LogP contribution in [0.2, 0.25) is 0 Å². The van der Waals surface area contributed by atoms with Gasteiger partial charge in [-0.3, -0.25) is 57.6 Å². The van der Waals surface area contributed by atoms with Crippen molar-refractivity contribution < 1.29 is 57.6 Å². The van der Waals surface area contributed by atoms with E-state index < -0.39 is 0 Å². The Balaban J connectivity index is -0.0000000268. The zero-order valence-electron chi connectivity index (χ0n) is 43.0. The van der Waals surface area contributed by atoms with Gasteiger partial charge in [0.05, 0.1) is 14.2 Å². The van der Waals surface area contributed by atoms with E-state index in [1.54, 1.807) is 0 Å². The third-order valence-electron chi connectivity index (χ3n) is 2.38. The zero-order valence-corrected chi connectivity index (χ0v) is 43.0. The first-order valence-electron chi connectivity index (χ1n) is 19.2. The van der Waals surface area contributed by atoms with E-state index in [1.165, 1.54) is 91.0 Å². The number of hydroxylamine groups is 4. The summed E-state index contributed by atoms with van der Waals surface area (Å²) < 4.78 is 0. The van der Waals surface area contributed by atoms with Gasteiger partial charge in [-0.15, -0.1) is 0 Å². The number of nitrogens with zero attached hydrogens (tertiary/aromatic N) is 2. The van der Waals surface area contributed by atoms with Gasteiger partial charge in [0.15, 0.2) is 0 Å². The lowest BCUT2D eigenvalue weighted by molar-refractivity contribution is -0.180. The second-order valence-corrected chi connectivity index (χ2v) is 7.19. The Kier molecular flexibility index (Phi) is 212. The molecule has 22 N–H and O–H groups in total. The Labute approximate surface area is 375 Å². The van der Waals surface area contributed by atoms with Crippen LogP contribution < -0.4 is 63.1 Å². The van der Waals surface area contributed by atoms with Crippen molar-refractivity contribution in [2.45, 2.75) is 136 Å². The first-order valence-corrected chi connectivity index (χ1v) is 19.2. The van der Waals surface area contributed by atoms with E-state index in [0.29, 0.717) is 0 Å². The molecule has 0 atom stereocenters. The number of carbonyl (C=O) groups is 10. The fraction of sp³-hybridized carbons (Fsp3) is 0.730. The van der Waals surface area contributed by atoms with Gasteiger partial charge in [0.25, 0.3) is 23.6 Å². The summed E-state index contributed by atoms with van der Waals surface area (Å²) in [4.78, 5) is 107. The molecule has 2 aliphatic rings. The smallest absolute Gasteiger partial charge is 0.253 e. The van der Waals surface area contributed by atoms with Crippen molar-refractivity contribution in [2.75, 3.05) is 49.5 Å². The van der Waals surface area contributed by atoms with E-state index in [9.17, 15) is 47.9 Å². The Morgan fingerprint density at radius 1 is 0.323 bits per heavy atom. The largest absolute Gasteiger partial charge is 0.370 e. The SMILES string of the molecule is CC.CC.CC.CC.CC.CC(N)=O.CC(N)=O.CC(N)=O.CC(N)=O.CC(N)=O.CC(N)=O.CN.CN.CN.CN.CN.CON1C(=O)CCC1=O.CON1C(=O)CCC1=O. The topological polar surface area (TPSA) is 482 Å². The molecule has 2 heterocycles. The van der Waals surface area contributed by atoms with Crippen LogP contribution in [0.1, 0.15) is 136 Å². The Hall–Kier alpha value is -5.18. The molecule has 0 radical (unpaired) electrons. The third-order valence-corrected chi connectivity index (χ3v) is 2.38. The third kappa shape index (κ3) is 258. The fourth-order valence-corrected chi connectivity index (χ4v) is 1.52. The molecule has 2 saturated heterocycles. The standard InChI is InChI=1S/2C5H7NO3.6C2H5NO.5C2H6.5CH5N/c2*1-9-6-4(7)2-3-5(6)8;6*1-2(3)4;10*1-2/h2*2-3H2,1H3;6*1H3,(H2,3,4);5*1-2H3;5*2H2,1H3. The summed E-state index contributed by atoms with van der Waals surface area (Å²) in [6.07, 6.45) is 1.14. The molecule has 25 heteroatoms. The molecule has 0 aromatic carbocycles. The molecule has 2 fully saturated rings. The monoisotopic (exact) mass is 918 g/mol. The summed E-state index contributed by atoms with van der Waals surface area (Å²) in [5, 5.41) is 1.58. The summed E-state index contributed by atoms with van der Waals surface area (Å²) in [5.74, 6) is -2.99. The highest BCUT2D eigenvalue weighted by molar-refractivity contribution is 6.01. The van der Waals surface area contributed by atoms with E-state index in [2.05, 4.69) is 72.7 Å². The molecule has 0 bridgehead atoms. The van der Waals surface area contributed by atoms with Crippen LogP contribution in [0.25, 0.3) is 0 Å². The number of primary amides is 6. The molecule has 2 aliphatic heterocycles. The second-order valence-electron chi connectivity index (χ2n) is 7.19. The highest BCUT2D eigenvalue weighted by Crippen LogP contribution is 2.10. The summed E-state index contributed by atoms with van der Waals surface area (Å²) in [6.45, 7) is 27.8. The molecule has 384 valence electrons. The summed E-state index contributed by atoms with van der Waals surface area (Å²) in [6, 6.07) is 0. The molecule has 0 aromatic heterocycles. The molecule has 62 heavy (non-hydrogen) atoms. The molecule has 10 amide bonds. The van der Waals surface area contributed by atoms with E-state index >= 15 is 0 Å². The van der Waals surface area contributed by atoms with Gasteiger partial charge in [-0.25, -0.2) is 0 Å². The summed E-state index contributed by atoms with van der Waals surface area (Å²) >= 11 is 0. The second kappa shape index (κ2) is 124. The normalized spacial score (nSPS) is 9.03. The molecule has 2 rings (SSSR count). The number of nitrogens with two attached hydrogens (primary N) is 11. The Morgan fingerprint density at radius 2 is 0.387 bits per heavy atom. The van der Waals surface area contributed by atoms with Crippen molar-refractivity contribution in [1.29, 1.82) is 0 Å². The minimum Gasteiger partial charge on any atom is -0.370 e. The molecule has 0 aromatic rings. The number of carbonyl (C=O) groups excluding carboxylic acids is 10. The predicted octanol–water partition coefficient (Wildman–Crippen LogP) is -0.651. The molecule has 0 aliphatic carbocycles. The van der Waals surface area contributed by atoms with Crippen molar-refractivity contribution in [1.82, 2.24) is 10.1 Å². The Morgan fingerprint density at radius 3 is 0.419 bits per heavy atom. The van der Waals surface area contributed by atoms with Crippen molar-refractivity contribution in [3.05, 3.63) is 0 Å². The molecular weight excluding hydrogens is 818 g/mol. The van der Waals surface area contributed by atoms with Crippen LogP contribution in [0.15, 0.2) is 0 Å². The summed E-state index contributed by atoms with van der Waals surface area (Å²) in [5.41, 5.74) is 49.3. The van der Waals surface area contributed by atoms with Crippen LogP contribution in [0.5, 0.6) is 0 Å². The van der Waals surface area contributed by atoms with Gasteiger partial charge in [-0.05, 0) is 35.2 Å². The molecular formula is C37H99N13O12. The van der Waals surface area contributed by atoms with Crippen LogP contribution in [0.3, 0.4) is 0 Å². The number of imide groups is 2. The van der Waals surface area contributed by atoms with Crippen molar-refractivity contribution in [2.24, 2.45) is 63.1 Å². The molecule has 0 spiro atoms. The van der Waals surface area contributed by atoms with Crippen molar-refractivity contribution >= 4 is 59.1 Å². The zero-order chi connectivity index (χ0) is 55.2. The molecule has 0 saturated carbocycles. The predicted molar refractivity (Wildman–Crippen MR) is 253 cm³/mol. The quantitative estimate of drug-likeness (QED) is 0.153. The van der Waals surface area contributed by atoms with Crippen molar-refractivity contribution in [3.63, 3.8) is 0 Å². The first kappa shape index (κ1) is 106. The average Bonchev–Trinajstić information content (AvgIpc) is 3.75. The average molecular weight is 918 g/mol. The minimum absolute atomic E-state index is 0.248. The fourth-order valence-electron chi connectivity index (χ4n) is 1.52. The van der Waals surface area contributed by atoms with E-state index in [0.717, 1.165) is 10.1 Å². The van der Waals surface area contributed by atoms with Crippen LogP contribution in [-0.4, -0.2) is 119 Å². The van der Waals surface area contributed by atoms with Gasteiger partial charge in [0, 0.05) is 67.2 Å². The number of hydrogen-bond donors (Lipinski definition) is 11. The lowest BCUT2D eigenvalue weighted by Crippen LogP contribution is -2.27. The van der Waals surface area contributed by atoms with Crippen molar-refractivity contribution in [3.8, 4) is 0 Å². The minimum atomic E-state index is -0.333. The molecule has 25 nitrogen and oxygen atoms in total. The highest BCUT2D eigenvalue weighted by Gasteiger charge is 2.29.